The largest absolute Gasteiger partial charge is 0.342 e. The summed E-state index contributed by atoms with van der Waals surface area (Å²) in [5.74, 6) is -0.321. The summed E-state index contributed by atoms with van der Waals surface area (Å²) in [6.07, 6.45) is 0.775. The fraction of sp³-hybridized carbons (Fsp3) is 0.269. The maximum Gasteiger partial charge on any atom is 0.336 e. The number of aromatic nitrogens is 3. The van der Waals surface area contributed by atoms with E-state index in [-0.39, 0.29) is 12.5 Å². The predicted molar refractivity (Wildman–Crippen MR) is 131 cm³/mol. The number of fused-ring (bicyclic) bond motifs is 1. The van der Waals surface area contributed by atoms with Crippen molar-refractivity contribution in [3.8, 4) is 5.69 Å². The highest BCUT2D eigenvalue weighted by Crippen LogP contribution is 2.21. The molecule has 0 radical (unpaired) electrons. The molecule has 2 heterocycles. The van der Waals surface area contributed by atoms with Crippen LogP contribution in [0.3, 0.4) is 0 Å². The van der Waals surface area contributed by atoms with Gasteiger partial charge in [0.2, 0.25) is 5.91 Å². The molecule has 4 rings (SSSR count). The van der Waals surface area contributed by atoms with Crippen molar-refractivity contribution in [3.63, 3.8) is 0 Å². The fourth-order valence-corrected chi connectivity index (χ4v) is 4.19. The van der Waals surface area contributed by atoms with Gasteiger partial charge in [-0.1, -0.05) is 42.8 Å². The molecule has 0 bridgehead atoms. The molecule has 4 aromatic rings. The smallest absolute Gasteiger partial charge is 0.336 e. The van der Waals surface area contributed by atoms with Gasteiger partial charge >= 0.3 is 5.69 Å². The number of nitrogens with zero attached hydrogens (tertiary/aromatic N) is 3. The predicted octanol–water partition coefficient (Wildman–Crippen LogP) is 3.62. The second-order valence-corrected chi connectivity index (χ2v) is 8.43. The van der Waals surface area contributed by atoms with Gasteiger partial charge in [0.15, 0.2) is 0 Å². The standard InChI is InChI=1S/C26H28N4O3/c1-6-19-9-7-8-17(3)23(19)27-22(31)15-29-21-14-18(4)28(5)24(21)25(32)30(26(29)33)20-12-10-16(2)11-13-20/h7-14H,6,15H2,1-5H3,(H,27,31). The summed E-state index contributed by atoms with van der Waals surface area (Å²) in [6.45, 7) is 7.57. The van der Waals surface area contributed by atoms with E-state index < -0.39 is 11.2 Å². The maximum absolute atomic E-state index is 13.5. The first-order valence-electron chi connectivity index (χ1n) is 11.0. The molecule has 0 saturated carbocycles. The summed E-state index contributed by atoms with van der Waals surface area (Å²) in [5, 5.41) is 2.98. The molecule has 7 nitrogen and oxygen atoms in total. The van der Waals surface area contributed by atoms with E-state index in [2.05, 4.69) is 5.32 Å². The molecule has 1 N–H and O–H groups in total. The lowest BCUT2D eigenvalue weighted by Crippen LogP contribution is -2.41. The number of aryl methyl sites for hydroxylation is 5. The van der Waals surface area contributed by atoms with Crippen LogP contribution in [0.5, 0.6) is 0 Å². The summed E-state index contributed by atoms with van der Waals surface area (Å²) in [6, 6.07) is 14.8. The van der Waals surface area contributed by atoms with Crippen LogP contribution in [0.15, 0.2) is 58.1 Å². The van der Waals surface area contributed by atoms with E-state index in [4.69, 9.17) is 0 Å². The van der Waals surface area contributed by atoms with Gasteiger partial charge in [-0.25, -0.2) is 9.36 Å². The zero-order valence-electron chi connectivity index (χ0n) is 19.6. The van der Waals surface area contributed by atoms with Crippen LogP contribution >= 0.6 is 0 Å². The minimum Gasteiger partial charge on any atom is -0.342 e. The highest BCUT2D eigenvalue weighted by Gasteiger charge is 2.20. The molecular formula is C26H28N4O3. The maximum atomic E-state index is 13.5. The highest BCUT2D eigenvalue weighted by atomic mass is 16.2. The lowest BCUT2D eigenvalue weighted by atomic mass is 10.1. The van der Waals surface area contributed by atoms with Gasteiger partial charge < -0.3 is 9.88 Å². The molecular weight excluding hydrogens is 416 g/mol. The molecule has 7 heteroatoms. The van der Waals surface area contributed by atoms with E-state index in [0.29, 0.717) is 16.7 Å². The monoisotopic (exact) mass is 444 g/mol. The average molecular weight is 445 g/mol. The molecule has 0 unspecified atom stereocenters. The Morgan fingerprint density at radius 1 is 1.00 bits per heavy atom. The molecule has 2 aromatic heterocycles. The number of hydrogen-bond acceptors (Lipinski definition) is 3. The number of anilines is 1. The van der Waals surface area contributed by atoms with Crippen molar-refractivity contribution in [2.45, 2.75) is 40.7 Å². The van der Waals surface area contributed by atoms with Crippen LogP contribution in [0, 0.1) is 20.8 Å². The Morgan fingerprint density at radius 3 is 2.36 bits per heavy atom. The normalized spacial score (nSPS) is 11.2. The van der Waals surface area contributed by atoms with Crippen molar-refractivity contribution in [2.75, 3.05) is 5.32 Å². The minimum absolute atomic E-state index is 0.206. The SMILES string of the molecule is CCc1cccc(C)c1NC(=O)Cn1c(=O)n(-c2ccc(C)cc2)c(=O)c2c1cc(C)n2C. The number of benzene rings is 2. The van der Waals surface area contributed by atoms with Crippen LogP contribution in [-0.4, -0.2) is 19.6 Å². The van der Waals surface area contributed by atoms with E-state index in [1.54, 1.807) is 29.8 Å². The zero-order valence-corrected chi connectivity index (χ0v) is 19.6. The molecule has 0 aliphatic carbocycles. The molecule has 0 fully saturated rings. The Hall–Kier alpha value is -3.87. The van der Waals surface area contributed by atoms with E-state index in [1.165, 1.54) is 4.57 Å². The van der Waals surface area contributed by atoms with Crippen LogP contribution in [0.25, 0.3) is 16.7 Å². The lowest BCUT2D eigenvalue weighted by molar-refractivity contribution is -0.116. The second-order valence-electron chi connectivity index (χ2n) is 8.43. The van der Waals surface area contributed by atoms with Crippen molar-refractivity contribution < 1.29 is 4.79 Å². The quantitative estimate of drug-likeness (QED) is 0.511. The molecule has 0 spiro atoms. The molecule has 170 valence electrons. The van der Waals surface area contributed by atoms with E-state index in [9.17, 15) is 14.4 Å². The molecule has 0 aliphatic rings. The first kappa shape index (κ1) is 22.3. The summed E-state index contributed by atoms with van der Waals surface area (Å²) in [5.41, 5.74) is 4.95. The van der Waals surface area contributed by atoms with Crippen LogP contribution in [0.4, 0.5) is 5.69 Å². The second kappa shape index (κ2) is 8.58. The Morgan fingerprint density at radius 2 is 1.70 bits per heavy atom. The van der Waals surface area contributed by atoms with Crippen LogP contribution in [0.2, 0.25) is 0 Å². The number of hydrogen-bond donors (Lipinski definition) is 1. The van der Waals surface area contributed by atoms with Gasteiger partial charge in [0.05, 0.1) is 11.2 Å². The Labute approximate surface area is 191 Å². The zero-order chi connectivity index (χ0) is 23.9. The molecule has 0 aliphatic heterocycles. The summed E-state index contributed by atoms with van der Waals surface area (Å²) < 4.78 is 4.27. The van der Waals surface area contributed by atoms with Crippen molar-refractivity contribution in [1.82, 2.24) is 13.7 Å². The van der Waals surface area contributed by atoms with Crippen LogP contribution in [-0.2, 0) is 24.8 Å². The van der Waals surface area contributed by atoms with Gasteiger partial charge in [-0.15, -0.1) is 0 Å². The highest BCUT2D eigenvalue weighted by molar-refractivity contribution is 5.93. The fourth-order valence-electron chi connectivity index (χ4n) is 4.19. The van der Waals surface area contributed by atoms with Crippen LogP contribution in [0.1, 0.15) is 29.3 Å². The molecule has 33 heavy (non-hydrogen) atoms. The van der Waals surface area contributed by atoms with Crippen LogP contribution < -0.4 is 16.6 Å². The third-order valence-electron chi connectivity index (χ3n) is 6.17. The number of carbonyl (C=O) groups excluding carboxylic acids is 1. The van der Waals surface area contributed by atoms with Gasteiger partial charge in [0, 0.05) is 18.4 Å². The van der Waals surface area contributed by atoms with Crippen molar-refractivity contribution in [2.24, 2.45) is 7.05 Å². The number of carbonyl (C=O) groups is 1. The Balaban J connectivity index is 1.86. The van der Waals surface area contributed by atoms with Gasteiger partial charge in [0.25, 0.3) is 5.56 Å². The number of nitrogens with one attached hydrogen (secondary N) is 1. The van der Waals surface area contributed by atoms with Gasteiger partial charge in [-0.05, 0) is 56.5 Å². The minimum atomic E-state index is -0.544. The Kier molecular flexibility index (Phi) is 5.80. The Bertz CT molecular complexity index is 1490. The number of amides is 1. The summed E-state index contributed by atoms with van der Waals surface area (Å²) in [4.78, 5) is 40.0. The lowest BCUT2D eigenvalue weighted by Gasteiger charge is -2.15. The summed E-state index contributed by atoms with van der Waals surface area (Å²) >= 11 is 0. The van der Waals surface area contributed by atoms with E-state index in [1.807, 2.05) is 58.0 Å². The van der Waals surface area contributed by atoms with E-state index in [0.717, 1.165) is 39.1 Å². The van der Waals surface area contributed by atoms with Crippen molar-refractivity contribution in [3.05, 3.63) is 91.8 Å². The van der Waals surface area contributed by atoms with Gasteiger partial charge in [-0.3, -0.25) is 14.2 Å². The number of para-hydroxylation sites is 1. The third-order valence-corrected chi connectivity index (χ3v) is 6.17. The van der Waals surface area contributed by atoms with Crippen molar-refractivity contribution >= 4 is 22.6 Å². The van der Waals surface area contributed by atoms with Gasteiger partial charge in [0.1, 0.15) is 12.1 Å². The summed E-state index contributed by atoms with van der Waals surface area (Å²) in [7, 11) is 1.79. The molecule has 1 amide bonds. The molecule has 0 atom stereocenters. The van der Waals surface area contributed by atoms with E-state index >= 15 is 0 Å². The van der Waals surface area contributed by atoms with Crippen molar-refractivity contribution in [1.29, 1.82) is 0 Å². The first-order chi connectivity index (χ1) is 15.7. The molecule has 0 saturated heterocycles. The number of rotatable bonds is 5. The third kappa shape index (κ3) is 3.91. The topological polar surface area (TPSA) is 78.0 Å². The average Bonchev–Trinajstić information content (AvgIpc) is 3.08. The van der Waals surface area contributed by atoms with Gasteiger partial charge in [-0.2, -0.15) is 0 Å². The first-order valence-corrected chi connectivity index (χ1v) is 11.0. The molecule has 2 aromatic carbocycles.